The molecule has 0 aromatic heterocycles. The first-order valence-corrected chi connectivity index (χ1v) is 7.76. The highest BCUT2D eigenvalue weighted by atomic mass is 16.5. The van der Waals surface area contributed by atoms with Gasteiger partial charge < -0.3 is 10.5 Å². The topological polar surface area (TPSA) is 38.5 Å². The lowest BCUT2D eigenvalue weighted by Gasteiger charge is -2.34. The summed E-state index contributed by atoms with van der Waals surface area (Å²) < 4.78 is 5.21. The average molecular weight is 276 g/mol. The van der Waals surface area contributed by atoms with Crippen LogP contribution >= 0.6 is 0 Å². The molecule has 0 atom stereocenters. The van der Waals surface area contributed by atoms with E-state index in [1.165, 1.54) is 37.7 Å². The number of rotatable bonds is 5. The van der Waals surface area contributed by atoms with Gasteiger partial charge in [0, 0.05) is 12.6 Å². The lowest BCUT2D eigenvalue weighted by atomic mass is 9.84. The van der Waals surface area contributed by atoms with Crippen LogP contribution in [-0.4, -0.2) is 25.1 Å². The van der Waals surface area contributed by atoms with Crippen LogP contribution < -0.4 is 10.5 Å². The standard InChI is InChI=1S/C17H28N2O/c1-4-13-5-8-15(9-6-13)19(2)12-14-7-10-17(20-3)16(18)11-14/h7,10-11,13,15H,4-6,8-9,12,18H2,1-3H3. The minimum atomic E-state index is 0.723. The van der Waals surface area contributed by atoms with Crippen molar-refractivity contribution in [2.75, 3.05) is 19.9 Å². The van der Waals surface area contributed by atoms with E-state index in [1.54, 1.807) is 7.11 Å². The van der Waals surface area contributed by atoms with Crippen LogP contribution in [0.2, 0.25) is 0 Å². The molecule has 2 rings (SSSR count). The second kappa shape index (κ2) is 6.98. The second-order valence-corrected chi connectivity index (χ2v) is 6.07. The van der Waals surface area contributed by atoms with Crippen molar-refractivity contribution in [2.24, 2.45) is 5.92 Å². The van der Waals surface area contributed by atoms with E-state index in [4.69, 9.17) is 10.5 Å². The summed E-state index contributed by atoms with van der Waals surface area (Å²) in [6, 6.07) is 6.84. The Morgan fingerprint density at radius 1 is 1.25 bits per heavy atom. The van der Waals surface area contributed by atoms with Crippen LogP contribution in [0.1, 0.15) is 44.6 Å². The Kier molecular flexibility index (Phi) is 5.30. The Morgan fingerprint density at radius 2 is 1.95 bits per heavy atom. The SMILES string of the molecule is CCC1CCC(N(C)Cc2ccc(OC)c(N)c2)CC1. The average Bonchev–Trinajstić information content (AvgIpc) is 2.47. The number of benzene rings is 1. The Labute approximate surface area is 123 Å². The second-order valence-electron chi connectivity index (χ2n) is 6.07. The summed E-state index contributed by atoms with van der Waals surface area (Å²) in [7, 11) is 3.89. The van der Waals surface area contributed by atoms with Gasteiger partial charge in [-0.25, -0.2) is 0 Å². The van der Waals surface area contributed by atoms with E-state index in [-0.39, 0.29) is 0 Å². The number of nitrogens with two attached hydrogens (primary N) is 1. The first-order valence-electron chi connectivity index (χ1n) is 7.76. The van der Waals surface area contributed by atoms with E-state index in [0.717, 1.165) is 29.9 Å². The van der Waals surface area contributed by atoms with Crippen LogP contribution in [0.15, 0.2) is 18.2 Å². The van der Waals surface area contributed by atoms with Crippen LogP contribution in [0.5, 0.6) is 5.75 Å². The van der Waals surface area contributed by atoms with Crippen molar-refractivity contribution in [1.29, 1.82) is 0 Å². The van der Waals surface area contributed by atoms with Gasteiger partial charge in [0.15, 0.2) is 0 Å². The van der Waals surface area contributed by atoms with Crippen molar-refractivity contribution in [1.82, 2.24) is 4.90 Å². The molecule has 1 aromatic carbocycles. The largest absolute Gasteiger partial charge is 0.495 e. The molecule has 0 bridgehead atoms. The van der Waals surface area contributed by atoms with Gasteiger partial charge in [-0.1, -0.05) is 19.4 Å². The van der Waals surface area contributed by atoms with Gasteiger partial charge in [0.25, 0.3) is 0 Å². The lowest BCUT2D eigenvalue weighted by molar-refractivity contribution is 0.157. The zero-order valence-corrected chi connectivity index (χ0v) is 13.1. The highest BCUT2D eigenvalue weighted by molar-refractivity contribution is 5.54. The van der Waals surface area contributed by atoms with Gasteiger partial charge in [-0.2, -0.15) is 0 Å². The quantitative estimate of drug-likeness (QED) is 0.834. The van der Waals surface area contributed by atoms with Crippen LogP contribution in [-0.2, 0) is 6.54 Å². The third-order valence-corrected chi connectivity index (χ3v) is 4.74. The fourth-order valence-electron chi connectivity index (χ4n) is 3.29. The normalized spacial score (nSPS) is 23.0. The molecule has 1 aliphatic rings. The number of anilines is 1. The molecule has 0 heterocycles. The molecule has 3 heteroatoms. The predicted molar refractivity (Wildman–Crippen MR) is 84.9 cm³/mol. The Hall–Kier alpha value is -1.22. The van der Waals surface area contributed by atoms with E-state index < -0.39 is 0 Å². The lowest BCUT2D eigenvalue weighted by Crippen LogP contribution is -2.34. The third-order valence-electron chi connectivity index (χ3n) is 4.74. The number of methoxy groups -OCH3 is 1. The monoisotopic (exact) mass is 276 g/mol. The molecule has 0 spiro atoms. The molecule has 1 fully saturated rings. The van der Waals surface area contributed by atoms with Gasteiger partial charge in [0.1, 0.15) is 5.75 Å². The molecule has 1 aliphatic carbocycles. The van der Waals surface area contributed by atoms with E-state index in [9.17, 15) is 0 Å². The van der Waals surface area contributed by atoms with Crippen LogP contribution in [0.4, 0.5) is 5.69 Å². The van der Waals surface area contributed by atoms with E-state index in [1.807, 2.05) is 12.1 Å². The minimum Gasteiger partial charge on any atom is -0.495 e. The van der Waals surface area contributed by atoms with Crippen LogP contribution in [0.3, 0.4) is 0 Å². The smallest absolute Gasteiger partial charge is 0.141 e. The highest BCUT2D eigenvalue weighted by Gasteiger charge is 2.23. The summed E-state index contributed by atoms with van der Waals surface area (Å²) in [6.07, 6.45) is 6.78. The van der Waals surface area contributed by atoms with Crippen molar-refractivity contribution >= 4 is 5.69 Å². The number of nitrogens with zero attached hydrogens (tertiary/aromatic N) is 1. The van der Waals surface area contributed by atoms with E-state index in [2.05, 4.69) is 24.9 Å². The molecule has 0 unspecified atom stereocenters. The van der Waals surface area contributed by atoms with Crippen molar-refractivity contribution in [3.05, 3.63) is 23.8 Å². The minimum absolute atomic E-state index is 0.723. The maximum atomic E-state index is 5.98. The molecular weight excluding hydrogens is 248 g/mol. The zero-order chi connectivity index (χ0) is 14.5. The molecule has 3 nitrogen and oxygen atoms in total. The molecular formula is C17H28N2O. The maximum Gasteiger partial charge on any atom is 0.141 e. The molecule has 0 aliphatic heterocycles. The van der Waals surface area contributed by atoms with E-state index >= 15 is 0 Å². The van der Waals surface area contributed by atoms with Crippen molar-refractivity contribution in [3.8, 4) is 5.75 Å². The van der Waals surface area contributed by atoms with Gasteiger partial charge in [-0.3, -0.25) is 4.90 Å². The number of hydrogen-bond acceptors (Lipinski definition) is 3. The number of ether oxygens (including phenoxy) is 1. The summed E-state index contributed by atoms with van der Waals surface area (Å²) in [5.41, 5.74) is 7.98. The van der Waals surface area contributed by atoms with Crippen LogP contribution in [0.25, 0.3) is 0 Å². The van der Waals surface area contributed by atoms with Gasteiger partial charge in [-0.15, -0.1) is 0 Å². The fourth-order valence-corrected chi connectivity index (χ4v) is 3.29. The molecule has 2 N–H and O–H groups in total. The molecule has 0 saturated heterocycles. The Bertz CT molecular complexity index is 425. The highest BCUT2D eigenvalue weighted by Crippen LogP contribution is 2.30. The van der Waals surface area contributed by atoms with Gasteiger partial charge in [0.05, 0.1) is 12.8 Å². The van der Waals surface area contributed by atoms with Crippen molar-refractivity contribution < 1.29 is 4.74 Å². The number of nitrogen functional groups attached to an aromatic ring is 1. The summed E-state index contributed by atoms with van der Waals surface area (Å²) >= 11 is 0. The van der Waals surface area contributed by atoms with Gasteiger partial charge >= 0.3 is 0 Å². The van der Waals surface area contributed by atoms with Crippen molar-refractivity contribution in [3.63, 3.8) is 0 Å². The third kappa shape index (κ3) is 3.66. The number of hydrogen-bond donors (Lipinski definition) is 1. The summed E-state index contributed by atoms with van der Waals surface area (Å²) in [4.78, 5) is 2.48. The molecule has 20 heavy (non-hydrogen) atoms. The van der Waals surface area contributed by atoms with Gasteiger partial charge in [0.2, 0.25) is 0 Å². The fraction of sp³-hybridized carbons (Fsp3) is 0.647. The molecule has 112 valence electrons. The Balaban J connectivity index is 1.91. The predicted octanol–water partition coefficient (Wildman–Crippen LogP) is 3.68. The first kappa shape index (κ1) is 15.2. The first-order chi connectivity index (χ1) is 9.63. The Morgan fingerprint density at radius 3 is 2.50 bits per heavy atom. The van der Waals surface area contributed by atoms with Gasteiger partial charge in [-0.05, 0) is 56.3 Å². The molecule has 1 aromatic rings. The van der Waals surface area contributed by atoms with E-state index in [0.29, 0.717) is 0 Å². The summed E-state index contributed by atoms with van der Waals surface area (Å²) in [5, 5.41) is 0. The van der Waals surface area contributed by atoms with Crippen molar-refractivity contribution in [2.45, 2.75) is 51.6 Å². The molecule has 0 radical (unpaired) electrons. The maximum absolute atomic E-state index is 5.98. The summed E-state index contributed by atoms with van der Waals surface area (Å²) in [5.74, 6) is 1.72. The summed E-state index contributed by atoms with van der Waals surface area (Å²) in [6.45, 7) is 3.28. The molecule has 0 amide bonds. The van der Waals surface area contributed by atoms with Crippen LogP contribution in [0, 0.1) is 5.92 Å². The molecule has 1 saturated carbocycles. The zero-order valence-electron chi connectivity index (χ0n) is 13.1.